The first-order valence-corrected chi connectivity index (χ1v) is 12.5. The average molecular weight is 537 g/mol. The maximum atomic E-state index is 13.7. The molecule has 0 aliphatic rings. The highest BCUT2D eigenvalue weighted by Gasteiger charge is 2.35. The van der Waals surface area contributed by atoms with Crippen LogP contribution >= 0.6 is 7.82 Å². The van der Waals surface area contributed by atoms with Crippen LogP contribution in [-0.2, 0) is 28.1 Å². The molecular weight excluding hydrogens is 506 g/mol. The summed E-state index contributed by atoms with van der Waals surface area (Å²) in [6.07, 6.45) is -3.73. The largest absolute Gasteiger partial charge is 0.493 e. The molecule has 2 aromatic carbocycles. The fraction of sp³-hybridized carbons (Fsp3) is 0.478. The van der Waals surface area contributed by atoms with Crippen molar-refractivity contribution in [1.29, 1.82) is 0 Å². The fourth-order valence-corrected chi connectivity index (χ4v) is 3.80. The zero-order valence-electron chi connectivity index (χ0n) is 20.0. The summed E-state index contributed by atoms with van der Waals surface area (Å²) in [5.41, 5.74) is 4.57. The maximum Gasteiger partial charge on any atom is 0.469 e. The second-order valence-electron chi connectivity index (χ2n) is 8.25. The van der Waals surface area contributed by atoms with E-state index in [2.05, 4.69) is 4.52 Å². The Morgan fingerprint density at radius 1 is 0.944 bits per heavy atom. The van der Waals surface area contributed by atoms with Gasteiger partial charge in [0.15, 0.2) is 11.5 Å². The Kier molecular flexibility index (Phi) is 10.6. The molecule has 9 nitrogen and oxygen atoms in total. The summed E-state index contributed by atoms with van der Waals surface area (Å²) in [7, 11) is -1.78. The Labute approximate surface area is 207 Å². The summed E-state index contributed by atoms with van der Waals surface area (Å²) in [6, 6.07) is 8.99. The van der Waals surface area contributed by atoms with E-state index in [0.29, 0.717) is 24.3 Å². The van der Waals surface area contributed by atoms with Crippen molar-refractivity contribution < 1.29 is 51.4 Å². The molecular formula is C23H31F3NO8P. The normalized spacial score (nSPS) is 13.8. The van der Waals surface area contributed by atoms with Crippen molar-refractivity contribution >= 4 is 7.82 Å². The first-order valence-electron chi connectivity index (χ1n) is 10.9. The van der Waals surface area contributed by atoms with Gasteiger partial charge >= 0.3 is 14.0 Å². The number of phosphoric acid groups is 1. The standard InChI is InChI=1S/C23H31F3NO8P/c1-32-20-8-6-16(13-21(20)33-2)4-3-11-34-19-7-5-17(12-18(19)23(24,25)26)9-10-22(27,14-28)15-35-36(29,30)31/h5-8,12-13,28H,3-4,9-11,14-15,27H2,1-2H3,(H2,29,30,31). The van der Waals surface area contributed by atoms with Gasteiger partial charge in [0.1, 0.15) is 5.75 Å². The number of nitrogens with two attached hydrogens (primary N) is 1. The molecule has 0 radical (unpaired) electrons. The Bertz CT molecular complexity index is 1050. The number of alkyl halides is 3. The summed E-state index contributed by atoms with van der Waals surface area (Å²) in [5.74, 6) is 0.819. The number of hydrogen-bond donors (Lipinski definition) is 4. The van der Waals surface area contributed by atoms with Crippen LogP contribution in [0.5, 0.6) is 17.2 Å². The van der Waals surface area contributed by atoms with Crippen molar-refractivity contribution in [2.24, 2.45) is 5.73 Å². The molecule has 0 aliphatic carbocycles. The maximum absolute atomic E-state index is 13.7. The number of aliphatic hydroxyl groups excluding tert-OH is 1. The predicted octanol–water partition coefficient (Wildman–Crippen LogP) is 3.47. The van der Waals surface area contributed by atoms with Crippen LogP contribution in [0.25, 0.3) is 0 Å². The summed E-state index contributed by atoms with van der Waals surface area (Å²) < 4.78 is 72.1. The SMILES string of the molecule is COc1ccc(CCCOc2ccc(CCC(N)(CO)COP(=O)(O)O)cc2C(F)(F)F)cc1OC. The van der Waals surface area contributed by atoms with E-state index in [1.807, 2.05) is 6.07 Å². The highest BCUT2D eigenvalue weighted by Crippen LogP contribution is 2.38. The molecule has 0 fully saturated rings. The lowest BCUT2D eigenvalue weighted by Crippen LogP contribution is -2.48. The van der Waals surface area contributed by atoms with Crippen LogP contribution in [0.2, 0.25) is 0 Å². The summed E-state index contributed by atoms with van der Waals surface area (Å²) >= 11 is 0. The molecule has 0 amide bonds. The van der Waals surface area contributed by atoms with Crippen LogP contribution in [-0.4, -0.2) is 54.5 Å². The lowest BCUT2D eigenvalue weighted by Gasteiger charge is -2.27. The van der Waals surface area contributed by atoms with E-state index in [-0.39, 0.29) is 30.8 Å². The van der Waals surface area contributed by atoms with Crippen molar-refractivity contribution in [2.75, 3.05) is 34.0 Å². The molecule has 5 N–H and O–H groups in total. The molecule has 0 bridgehead atoms. The van der Waals surface area contributed by atoms with Crippen LogP contribution in [0, 0.1) is 0 Å². The fourth-order valence-electron chi connectivity index (χ4n) is 3.38. The lowest BCUT2D eigenvalue weighted by atomic mass is 9.93. The van der Waals surface area contributed by atoms with Crippen LogP contribution in [0.15, 0.2) is 36.4 Å². The number of aryl methyl sites for hydroxylation is 2. The van der Waals surface area contributed by atoms with Crippen LogP contribution in [0.4, 0.5) is 13.2 Å². The third-order valence-corrected chi connectivity index (χ3v) is 5.88. The third-order valence-electron chi connectivity index (χ3n) is 5.41. The minimum Gasteiger partial charge on any atom is -0.493 e. The Morgan fingerprint density at radius 3 is 2.11 bits per heavy atom. The number of methoxy groups -OCH3 is 2. The smallest absolute Gasteiger partial charge is 0.469 e. The highest BCUT2D eigenvalue weighted by molar-refractivity contribution is 7.46. The number of benzene rings is 2. The average Bonchev–Trinajstić information content (AvgIpc) is 2.83. The first-order chi connectivity index (χ1) is 16.8. The van der Waals surface area contributed by atoms with Gasteiger partial charge in [-0.2, -0.15) is 13.2 Å². The van der Waals surface area contributed by atoms with E-state index in [4.69, 9.17) is 29.7 Å². The third kappa shape index (κ3) is 9.27. The van der Waals surface area contributed by atoms with E-state index < -0.39 is 38.3 Å². The van der Waals surface area contributed by atoms with Crippen molar-refractivity contribution in [3.05, 3.63) is 53.1 Å². The van der Waals surface area contributed by atoms with Gasteiger partial charge in [0.2, 0.25) is 0 Å². The van der Waals surface area contributed by atoms with Crippen molar-refractivity contribution in [3.8, 4) is 17.2 Å². The molecule has 2 rings (SSSR count). The van der Waals surface area contributed by atoms with E-state index in [1.54, 1.807) is 12.1 Å². The number of hydrogen-bond acceptors (Lipinski definition) is 7. The van der Waals surface area contributed by atoms with Gasteiger partial charge < -0.3 is 34.8 Å². The number of phosphoric ester groups is 1. The molecule has 2 aromatic rings. The molecule has 0 saturated heterocycles. The topological polar surface area (TPSA) is 141 Å². The van der Waals surface area contributed by atoms with E-state index >= 15 is 0 Å². The van der Waals surface area contributed by atoms with E-state index in [9.17, 15) is 22.8 Å². The molecule has 202 valence electrons. The van der Waals surface area contributed by atoms with E-state index in [1.165, 1.54) is 26.4 Å². The molecule has 13 heteroatoms. The van der Waals surface area contributed by atoms with Gasteiger partial charge in [0, 0.05) is 0 Å². The zero-order chi connectivity index (χ0) is 27.0. The number of rotatable bonds is 14. The minimum atomic E-state index is -4.82. The quantitative estimate of drug-likeness (QED) is 0.211. The molecule has 0 aliphatic heterocycles. The van der Waals surface area contributed by atoms with Crippen molar-refractivity contribution in [1.82, 2.24) is 0 Å². The second-order valence-corrected chi connectivity index (χ2v) is 9.49. The molecule has 0 aromatic heterocycles. The number of aliphatic hydroxyl groups is 1. The van der Waals surface area contributed by atoms with Gasteiger partial charge in [0.05, 0.1) is 45.1 Å². The second kappa shape index (κ2) is 12.8. The van der Waals surface area contributed by atoms with E-state index in [0.717, 1.165) is 11.6 Å². The Hall–Kier alpha value is -2.34. The molecule has 0 heterocycles. The minimum absolute atomic E-state index is 0.00421. The van der Waals surface area contributed by atoms with Gasteiger partial charge in [-0.3, -0.25) is 4.52 Å². The molecule has 0 spiro atoms. The van der Waals surface area contributed by atoms with Gasteiger partial charge in [-0.05, 0) is 61.1 Å². The molecule has 1 unspecified atom stereocenters. The molecule has 1 atom stereocenters. The number of ether oxygens (including phenoxy) is 3. The Balaban J connectivity index is 2.02. The molecule has 0 saturated carbocycles. The number of halogens is 3. The van der Waals surface area contributed by atoms with Gasteiger partial charge in [-0.1, -0.05) is 12.1 Å². The van der Waals surface area contributed by atoms with Gasteiger partial charge in [-0.15, -0.1) is 0 Å². The van der Waals surface area contributed by atoms with Gasteiger partial charge in [-0.25, -0.2) is 4.57 Å². The predicted molar refractivity (Wildman–Crippen MR) is 125 cm³/mol. The lowest BCUT2D eigenvalue weighted by molar-refractivity contribution is -0.139. The summed E-state index contributed by atoms with van der Waals surface area (Å²) in [6.45, 7) is -1.30. The van der Waals surface area contributed by atoms with Crippen molar-refractivity contribution in [2.45, 2.75) is 37.4 Å². The first kappa shape index (κ1) is 29.9. The van der Waals surface area contributed by atoms with Gasteiger partial charge in [0.25, 0.3) is 0 Å². The van der Waals surface area contributed by atoms with Crippen LogP contribution in [0.3, 0.4) is 0 Å². The van der Waals surface area contributed by atoms with Crippen LogP contribution in [0.1, 0.15) is 29.5 Å². The molecule has 36 heavy (non-hydrogen) atoms. The summed E-state index contributed by atoms with van der Waals surface area (Å²) in [5, 5.41) is 9.48. The van der Waals surface area contributed by atoms with Crippen molar-refractivity contribution in [3.63, 3.8) is 0 Å². The monoisotopic (exact) mass is 537 g/mol. The summed E-state index contributed by atoms with van der Waals surface area (Å²) in [4.78, 5) is 17.6. The zero-order valence-corrected chi connectivity index (χ0v) is 20.8. The van der Waals surface area contributed by atoms with Crippen LogP contribution < -0.4 is 19.9 Å². The Morgan fingerprint density at radius 2 is 1.56 bits per heavy atom. The highest BCUT2D eigenvalue weighted by atomic mass is 31.2.